The number of carbonyl (C=O) groups is 1. The summed E-state index contributed by atoms with van der Waals surface area (Å²) in [5.74, 6) is -3.53. The lowest BCUT2D eigenvalue weighted by Gasteiger charge is -2.12. The number of hydrogen-bond donors (Lipinski definition) is 1. The lowest BCUT2D eigenvalue weighted by molar-refractivity contribution is -0.114. The molecule has 1 aliphatic heterocycles. The molecule has 1 atom stereocenters. The van der Waals surface area contributed by atoms with Crippen LogP contribution in [0.4, 0.5) is 14.6 Å². The van der Waals surface area contributed by atoms with Crippen molar-refractivity contribution >= 4 is 22.6 Å². The number of pyridine rings is 1. The molecule has 7 nitrogen and oxygen atoms in total. The predicted molar refractivity (Wildman–Crippen MR) is 104 cm³/mol. The normalized spacial score (nSPS) is 17.1. The van der Waals surface area contributed by atoms with Crippen LogP contribution >= 0.6 is 0 Å². The van der Waals surface area contributed by atoms with Crippen LogP contribution in [0.1, 0.15) is 37.8 Å². The molecule has 3 aromatic heterocycles. The first-order chi connectivity index (χ1) is 13.7. The molecule has 0 aromatic carbocycles. The molecular weight excluding hydrogens is 380 g/mol. The molecule has 152 valence electrons. The monoisotopic (exact) mass is 401 g/mol. The average Bonchev–Trinajstić information content (AvgIpc) is 3.27. The summed E-state index contributed by atoms with van der Waals surface area (Å²) in [6, 6.07) is 3.53. The van der Waals surface area contributed by atoms with Crippen molar-refractivity contribution in [3.8, 4) is 11.3 Å². The summed E-state index contributed by atoms with van der Waals surface area (Å²) < 4.78 is 35.4. The lowest BCUT2D eigenvalue weighted by Crippen LogP contribution is -2.13. The summed E-state index contributed by atoms with van der Waals surface area (Å²) in [5, 5.41) is 3.43. The maximum absolute atomic E-state index is 13.9. The summed E-state index contributed by atoms with van der Waals surface area (Å²) in [7, 11) is 0. The van der Waals surface area contributed by atoms with Gasteiger partial charge in [-0.3, -0.25) is 4.79 Å². The van der Waals surface area contributed by atoms with Crippen LogP contribution in [0.2, 0.25) is 0 Å². The Labute approximate surface area is 166 Å². The van der Waals surface area contributed by atoms with Crippen molar-refractivity contribution in [2.45, 2.75) is 39.2 Å². The van der Waals surface area contributed by atoms with Gasteiger partial charge in [0.05, 0.1) is 30.1 Å². The molecule has 9 heteroatoms. The highest BCUT2D eigenvalue weighted by molar-refractivity contribution is 5.98. The molecule has 1 saturated heterocycles. The Hall–Kier alpha value is -2.94. The van der Waals surface area contributed by atoms with Gasteiger partial charge in [-0.25, -0.2) is 15.0 Å². The van der Waals surface area contributed by atoms with Crippen molar-refractivity contribution in [3.05, 3.63) is 36.0 Å². The standard InChI is InChI=1S/C20H21F2N5O2/c1-11-6-16(26-19(24-11)20(3,21)22)15-9-27(13-4-5-29-10-13)17-8-23-18(7-14(15)17)25-12(2)28/h6-9,13H,4-5,10H2,1-3H3,(H,23,25,28). The van der Waals surface area contributed by atoms with E-state index in [1.54, 1.807) is 25.3 Å². The minimum absolute atomic E-state index is 0.120. The van der Waals surface area contributed by atoms with Crippen molar-refractivity contribution in [2.75, 3.05) is 18.5 Å². The van der Waals surface area contributed by atoms with E-state index in [1.165, 1.54) is 6.92 Å². The van der Waals surface area contributed by atoms with Gasteiger partial charge in [-0.05, 0) is 25.5 Å². The molecule has 0 radical (unpaired) electrons. The molecule has 3 aromatic rings. The number of rotatable bonds is 4. The number of hydrogen-bond acceptors (Lipinski definition) is 5. The second-order valence-electron chi connectivity index (χ2n) is 7.34. The van der Waals surface area contributed by atoms with E-state index in [-0.39, 0.29) is 11.9 Å². The number of anilines is 1. The minimum atomic E-state index is -3.15. The van der Waals surface area contributed by atoms with Gasteiger partial charge in [0.2, 0.25) is 5.91 Å². The largest absolute Gasteiger partial charge is 0.379 e. The SMILES string of the molecule is CC(=O)Nc1cc2c(-c3cc(C)nc(C(C)(F)F)n3)cn(C3CCOC3)c2cn1. The van der Waals surface area contributed by atoms with Crippen LogP contribution in [-0.4, -0.2) is 38.6 Å². The molecule has 1 amide bonds. The summed E-state index contributed by atoms with van der Waals surface area (Å²) in [5.41, 5.74) is 2.35. The van der Waals surface area contributed by atoms with Gasteiger partial charge in [-0.1, -0.05) is 0 Å². The van der Waals surface area contributed by atoms with Crippen LogP contribution in [0.5, 0.6) is 0 Å². The number of halogens is 2. The number of fused-ring (bicyclic) bond motifs is 1. The zero-order chi connectivity index (χ0) is 20.8. The van der Waals surface area contributed by atoms with E-state index in [0.29, 0.717) is 36.0 Å². The fourth-order valence-corrected chi connectivity index (χ4v) is 3.55. The van der Waals surface area contributed by atoms with E-state index in [1.807, 2.05) is 10.8 Å². The molecule has 1 N–H and O–H groups in total. The third-order valence-electron chi connectivity index (χ3n) is 4.85. The van der Waals surface area contributed by atoms with Gasteiger partial charge in [0.25, 0.3) is 0 Å². The second-order valence-corrected chi connectivity index (χ2v) is 7.34. The number of nitrogens with zero attached hydrogens (tertiary/aromatic N) is 4. The van der Waals surface area contributed by atoms with Crippen molar-refractivity contribution < 1.29 is 18.3 Å². The second kappa shape index (κ2) is 7.14. The molecule has 0 aliphatic carbocycles. The molecule has 0 saturated carbocycles. The molecule has 1 unspecified atom stereocenters. The Balaban J connectivity index is 1.93. The van der Waals surface area contributed by atoms with Gasteiger partial charge < -0.3 is 14.6 Å². The van der Waals surface area contributed by atoms with Gasteiger partial charge in [-0.2, -0.15) is 8.78 Å². The molecule has 4 heterocycles. The summed E-state index contributed by atoms with van der Waals surface area (Å²) in [4.78, 5) is 23.8. The molecule has 1 fully saturated rings. The van der Waals surface area contributed by atoms with Gasteiger partial charge >= 0.3 is 5.92 Å². The number of carbonyl (C=O) groups excluding carboxylic acids is 1. The lowest BCUT2D eigenvalue weighted by atomic mass is 10.1. The van der Waals surface area contributed by atoms with Crippen LogP contribution in [0, 0.1) is 6.92 Å². The third kappa shape index (κ3) is 3.82. The Kier molecular flexibility index (Phi) is 4.77. The highest BCUT2D eigenvalue weighted by Crippen LogP contribution is 2.36. The van der Waals surface area contributed by atoms with Gasteiger partial charge in [0, 0.05) is 43.3 Å². The summed E-state index contributed by atoms with van der Waals surface area (Å²) in [6.07, 6.45) is 4.41. The number of nitrogens with one attached hydrogen (secondary N) is 1. The van der Waals surface area contributed by atoms with E-state index < -0.39 is 11.7 Å². The van der Waals surface area contributed by atoms with Gasteiger partial charge in [0.1, 0.15) is 5.82 Å². The number of aryl methyl sites for hydroxylation is 1. The zero-order valence-corrected chi connectivity index (χ0v) is 16.4. The average molecular weight is 401 g/mol. The first-order valence-corrected chi connectivity index (χ1v) is 9.32. The highest BCUT2D eigenvalue weighted by Gasteiger charge is 2.30. The molecule has 0 spiro atoms. The van der Waals surface area contributed by atoms with E-state index in [0.717, 1.165) is 24.2 Å². The number of ether oxygens (including phenoxy) is 1. The number of amides is 1. The van der Waals surface area contributed by atoms with Gasteiger partial charge in [-0.15, -0.1) is 0 Å². The Bertz CT molecular complexity index is 1080. The fourth-order valence-electron chi connectivity index (χ4n) is 3.55. The topological polar surface area (TPSA) is 81.9 Å². The molecular formula is C20H21F2N5O2. The maximum Gasteiger partial charge on any atom is 0.303 e. The third-order valence-corrected chi connectivity index (χ3v) is 4.85. The van der Waals surface area contributed by atoms with Crippen LogP contribution in [0.3, 0.4) is 0 Å². The van der Waals surface area contributed by atoms with Crippen molar-refractivity contribution in [1.82, 2.24) is 19.5 Å². The molecule has 1 aliphatic rings. The summed E-state index contributed by atoms with van der Waals surface area (Å²) in [6.45, 7) is 5.07. The van der Waals surface area contributed by atoms with Crippen LogP contribution in [0.15, 0.2) is 24.5 Å². The van der Waals surface area contributed by atoms with E-state index in [9.17, 15) is 13.6 Å². The molecule has 0 bridgehead atoms. The minimum Gasteiger partial charge on any atom is -0.379 e. The molecule has 4 rings (SSSR count). The van der Waals surface area contributed by atoms with Crippen molar-refractivity contribution in [1.29, 1.82) is 0 Å². The van der Waals surface area contributed by atoms with E-state index in [2.05, 4.69) is 20.3 Å². The smallest absolute Gasteiger partial charge is 0.303 e. The Morgan fingerprint density at radius 2 is 2.14 bits per heavy atom. The number of aromatic nitrogens is 4. The fraction of sp³-hybridized carbons (Fsp3) is 0.400. The van der Waals surface area contributed by atoms with Crippen LogP contribution in [-0.2, 0) is 15.5 Å². The van der Waals surface area contributed by atoms with Crippen LogP contribution in [0.25, 0.3) is 22.2 Å². The van der Waals surface area contributed by atoms with Gasteiger partial charge in [0.15, 0.2) is 5.82 Å². The predicted octanol–water partition coefficient (Wildman–Crippen LogP) is 3.83. The first-order valence-electron chi connectivity index (χ1n) is 9.32. The van der Waals surface area contributed by atoms with E-state index in [4.69, 9.17) is 4.74 Å². The Morgan fingerprint density at radius 3 is 2.79 bits per heavy atom. The quantitative estimate of drug-likeness (QED) is 0.718. The number of alkyl halides is 2. The Morgan fingerprint density at radius 1 is 1.34 bits per heavy atom. The van der Waals surface area contributed by atoms with E-state index >= 15 is 0 Å². The zero-order valence-electron chi connectivity index (χ0n) is 16.4. The first kappa shape index (κ1) is 19.4. The maximum atomic E-state index is 13.9. The van der Waals surface area contributed by atoms with Crippen LogP contribution < -0.4 is 5.32 Å². The molecule has 29 heavy (non-hydrogen) atoms. The van der Waals surface area contributed by atoms with Crippen molar-refractivity contribution in [2.24, 2.45) is 0 Å². The highest BCUT2D eigenvalue weighted by atomic mass is 19.3. The summed E-state index contributed by atoms with van der Waals surface area (Å²) >= 11 is 0. The van der Waals surface area contributed by atoms with Crippen molar-refractivity contribution in [3.63, 3.8) is 0 Å².